The average Bonchev–Trinajstić information content (AvgIpc) is 2.68. The Morgan fingerprint density at radius 3 is 2.04 bits per heavy atom. The Bertz CT molecular complexity index is 771. The minimum atomic E-state index is 0.0195. The first-order valence-electron chi connectivity index (χ1n) is 8.87. The molecule has 2 aromatic rings. The van der Waals surface area contributed by atoms with Gasteiger partial charge in [-0.3, -0.25) is 4.79 Å². The fourth-order valence-corrected chi connectivity index (χ4v) is 3.46. The summed E-state index contributed by atoms with van der Waals surface area (Å²) in [6.07, 6.45) is 0. The lowest BCUT2D eigenvalue weighted by Crippen LogP contribution is -2.49. The van der Waals surface area contributed by atoms with Crippen molar-refractivity contribution >= 4 is 11.6 Å². The maximum atomic E-state index is 13.0. The Hall–Kier alpha value is -2.69. The Morgan fingerprint density at radius 1 is 0.923 bits per heavy atom. The summed E-state index contributed by atoms with van der Waals surface area (Å²) in [6.45, 7) is 7.11. The lowest BCUT2D eigenvalue weighted by molar-refractivity contribution is 0.0746. The van der Waals surface area contributed by atoms with Gasteiger partial charge in [-0.2, -0.15) is 0 Å². The van der Waals surface area contributed by atoms with Crippen LogP contribution in [0.5, 0.6) is 11.5 Å². The Morgan fingerprint density at radius 2 is 1.50 bits per heavy atom. The molecule has 138 valence electrons. The lowest BCUT2D eigenvalue weighted by atomic mass is 10.1. The summed E-state index contributed by atoms with van der Waals surface area (Å²) in [5.41, 5.74) is 4.02. The quantitative estimate of drug-likeness (QED) is 0.845. The van der Waals surface area contributed by atoms with Crippen LogP contribution in [0.25, 0.3) is 0 Å². The van der Waals surface area contributed by atoms with E-state index in [9.17, 15) is 4.79 Å². The number of hydrogen-bond donors (Lipinski definition) is 0. The van der Waals surface area contributed by atoms with Crippen LogP contribution in [0, 0.1) is 13.8 Å². The second-order valence-corrected chi connectivity index (χ2v) is 6.57. The zero-order chi connectivity index (χ0) is 18.7. The first-order valence-corrected chi connectivity index (χ1v) is 8.87. The molecule has 1 aliphatic rings. The lowest BCUT2D eigenvalue weighted by Gasteiger charge is -2.37. The van der Waals surface area contributed by atoms with Crippen molar-refractivity contribution < 1.29 is 14.3 Å². The van der Waals surface area contributed by atoms with E-state index >= 15 is 0 Å². The minimum Gasteiger partial charge on any atom is -0.496 e. The molecule has 1 amide bonds. The van der Waals surface area contributed by atoms with Gasteiger partial charge in [-0.05, 0) is 37.6 Å². The second-order valence-electron chi connectivity index (χ2n) is 6.57. The molecule has 0 aromatic heterocycles. The topological polar surface area (TPSA) is 42.0 Å². The largest absolute Gasteiger partial charge is 0.496 e. The molecular formula is C21H26N2O3. The molecule has 0 bridgehead atoms. The molecular weight excluding hydrogens is 328 g/mol. The van der Waals surface area contributed by atoms with E-state index in [0.29, 0.717) is 30.2 Å². The number of hydrogen-bond acceptors (Lipinski definition) is 4. The molecule has 0 atom stereocenters. The van der Waals surface area contributed by atoms with Gasteiger partial charge in [0.2, 0.25) is 0 Å². The van der Waals surface area contributed by atoms with Crippen LogP contribution < -0.4 is 14.4 Å². The molecule has 5 nitrogen and oxygen atoms in total. The summed E-state index contributed by atoms with van der Waals surface area (Å²) in [7, 11) is 3.22. The molecule has 0 spiro atoms. The molecule has 0 unspecified atom stereocenters. The van der Waals surface area contributed by atoms with Gasteiger partial charge in [-0.25, -0.2) is 0 Å². The van der Waals surface area contributed by atoms with Crippen LogP contribution in [0.4, 0.5) is 5.69 Å². The number of methoxy groups -OCH3 is 2. The van der Waals surface area contributed by atoms with Crippen molar-refractivity contribution in [1.29, 1.82) is 0 Å². The highest BCUT2D eigenvalue weighted by Crippen LogP contribution is 2.30. The van der Waals surface area contributed by atoms with Gasteiger partial charge in [0.05, 0.1) is 14.2 Å². The van der Waals surface area contributed by atoms with Gasteiger partial charge >= 0.3 is 0 Å². The smallest absolute Gasteiger partial charge is 0.254 e. The van der Waals surface area contributed by atoms with Crippen molar-refractivity contribution in [3.63, 3.8) is 0 Å². The number of piperazine rings is 1. The number of carbonyl (C=O) groups is 1. The number of aryl methyl sites for hydroxylation is 1. The van der Waals surface area contributed by atoms with Crippen molar-refractivity contribution in [3.05, 3.63) is 53.1 Å². The number of amides is 1. The van der Waals surface area contributed by atoms with Crippen LogP contribution in [0.15, 0.2) is 36.4 Å². The van der Waals surface area contributed by atoms with Gasteiger partial charge in [0, 0.05) is 43.0 Å². The highest BCUT2D eigenvalue weighted by atomic mass is 16.5. The second kappa shape index (κ2) is 7.68. The van der Waals surface area contributed by atoms with E-state index in [1.165, 1.54) is 11.3 Å². The highest BCUT2D eigenvalue weighted by molar-refractivity contribution is 5.95. The predicted octanol–water partition coefficient (Wildman–Crippen LogP) is 3.28. The molecule has 2 aromatic carbocycles. The van der Waals surface area contributed by atoms with Gasteiger partial charge in [-0.1, -0.05) is 18.2 Å². The third kappa shape index (κ3) is 3.47. The van der Waals surface area contributed by atoms with E-state index < -0.39 is 0 Å². The van der Waals surface area contributed by atoms with Gasteiger partial charge in [0.1, 0.15) is 11.5 Å². The van der Waals surface area contributed by atoms with E-state index in [-0.39, 0.29) is 5.91 Å². The van der Waals surface area contributed by atoms with Crippen LogP contribution >= 0.6 is 0 Å². The zero-order valence-corrected chi connectivity index (χ0v) is 15.9. The maximum absolute atomic E-state index is 13.0. The van der Waals surface area contributed by atoms with E-state index in [0.717, 1.165) is 18.7 Å². The highest BCUT2D eigenvalue weighted by Gasteiger charge is 2.24. The molecule has 1 heterocycles. The normalized spacial score (nSPS) is 14.3. The van der Waals surface area contributed by atoms with E-state index in [1.54, 1.807) is 26.4 Å². The molecule has 1 saturated heterocycles. The van der Waals surface area contributed by atoms with Crippen molar-refractivity contribution in [2.24, 2.45) is 0 Å². The van der Waals surface area contributed by atoms with Crippen LogP contribution in [0.1, 0.15) is 21.5 Å². The molecule has 1 aliphatic heterocycles. The fourth-order valence-electron chi connectivity index (χ4n) is 3.46. The first-order chi connectivity index (χ1) is 12.5. The number of carbonyl (C=O) groups excluding carboxylic acids is 1. The predicted molar refractivity (Wildman–Crippen MR) is 104 cm³/mol. The van der Waals surface area contributed by atoms with Crippen molar-refractivity contribution in [2.45, 2.75) is 13.8 Å². The molecule has 3 rings (SSSR count). The fraction of sp³-hybridized carbons (Fsp3) is 0.381. The summed E-state index contributed by atoms with van der Waals surface area (Å²) in [5, 5.41) is 0. The summed E-state index contributed by atoms with van der Waals surface area (Å²) in [4.78, 5) is 17.2. The third-order valence-corrected chi connectivity index (χ3v) is 5.02. The van der Waals surface area contributed by atoms with E-state index in [1.807, 2.05) is 11.8 Å². The maximum Gasteiger partial charge on any atom is 0.254 e. The number of ether oxygens (including phenoxy) is 2. The molecule has 1 fully saturated rings. The van der Waals surface area contributed by atoms with Crippen molar-refractivity contribution in [3.8, 4) is 11.5 Å². The standard InChI is InChI=1S/C21H26N2O3/c1-15-7-5-6-8-18(15)22-9-11-23(12-10-22)21(24)17-13-19(25-3)16(2)20(14-17)26-4/h5-8,13-14H,9-12H2,1-4H3. The van der Waals surface area contributed by atoms with Crippen LogP contribution in [0.3, 0.4) is 0 Å². The van der Waals surface area contributed by atoms with Crippen molar-refractivity contribution in [1.82, 2.24) is 4.90 Å². The molecule has 0 radical (unpaired) electrons. The molecule has 0 saturated carbocycles. The Labute approximate surface area is 155 Å². The van der Waals surface area contributed by atoms with Gasteiger partial charge in [0.15, 0.2) is 0 Å². The molecule has 0 aliphatic carbocycles. The number of rotatable bonds is 4. The SMILES string of the molecule is COc1cc(C(=O)N2CCN(c3ccccc3C)CC2)cc(OC)c1C. The third-order valence-electron chi connectivity index (χ3n) is 5.02. The van der Waals surface area contributed by atoms with Gasteiger partial charge in [-0.15, -0.1) is 0 Å². The molecule has 5 heteroatoms. The number of anilines is 1. The average molecular weight is 354 g/mol. The monoisotopic (exact) mass is 354 g/mol. The number of nitrogens with zero attached hydrogens (tertiary/aromatic N) is 2. The number of benzene rings is 2. The molecule has 26 heavy (non-hydrogen) atoms. The number of para-hydroxylation sites is 1. The van der Waals surface area contributed by atoms with Crippen LogP contribution in [0.2, 0.25) is 0 Å². The minimum absolute atomic E-state index is 0.0195. The summed E-state index contributed by atoms with van der Waals surface area (Å²) < 4.78 is 10.8. The Kier molecular flexibility index (Phi) is 5.35. The van der Waals surface area contributed by atoms with E-state index in [4.69, 9.17) is 9.47 Å². The van der Waals surface area contributed by atoms with Gasteiger partial charge < -0.3 is 19.3 Å². The summed E-state index contributed by atoms with van der Waals surface area (Å²) >= 11 is 0. The Balaban J connectivity index is 1.74. The van der Waals surface area contributed by atoms with Gasteiger partial charge in [0.25, 0.3) is 5.91 Å². The zero-order valence-electron chi connectivity index (χ0n) is 15.9. The summed E-state index contributed by atoms with van der Waals surface area (Å²) in [6, 6.07) is 12.0. The summed E-state index contributed by atoms with van der Waals surface area (Å²) in [5.74, 6) is 1.36. The van der Waals surface area contributed by atoms with E-state index in [2.05, 4.69) is 36.1 Å². The van der Waals surface area contributed by atoms with Crippen LogP contribution in [-0.2, 0) is 0 Å². The first kappa shape index (κ1) is 18.1. The van der Waals surface area contributed by atoms with Crippen molar-refractivity contribution in [2.75, 3.05) is 45.3 Å². The molecule has 0 N–H and O–H groups in total. The van der Waals surface area contributed by atoms with Crippen LogP contribution in [-0.4, -0.2) is 51.2 Å².